The minimum atomic E-state index is 0.663. The van der Waals surface area contributed by atoms with Crippen molar-refractivity contribution in [2.75, 3.05) is 0 Å². The van der Waals surface area contributed by atoms with Crippen LogP contribution < -0.4 is 0 Å². The van der Waals surface area contributed by atoms with Crippen LogP contribution in [-0.2, 0) is 0 Å². The summed E-state index contributed by atoms with van der Waals surface area (Å²) in [6.45, 7) is 0. The Morgan fingerprint density at radius 2 is 2.17 bits per heavy atom. The summed E-state index contributed by atoms with van der Waals surface area (Å²) in [6, 6.07) is 7.13. The molecule has 0 N–H and O–H groups in total. The second-order valence-corrected chi connectivity index (χ2v) is 2.47. The van der Waals surface area contributed by atoms with Gasteiger partial charge in [0.15, 0.2) is 0 Å². The Hall–Kier alpha value is -1.77. The molecule has 0 atom stereocenters. The van der Waals surface area contributed by atoms with Crippen molar-refractivity contribution in [1.29, 1.82) is 0 Å². The lowest BCUT2D eigenvalue weighted by Crippen LogP contribution is -1.84. The van der Waals surface area contributed by atoms with Crippen molar-refractivity contribution in [3.8, 4) is 0 Å². The average molecular weight is 158 g/mol. The fourth-order valence-electron chi connectivity index (χ4n) is 1.08. The summed E-state index contributed by atoms with van der Waals surface area (Å²) in [6.07, 6.45) is 2.43. The number of hydrogen-bond acceptors (Lipinski definition) is 3. The Morgan fingerprint density at radius 3 is 3.00 bits per heavy atom. The van der Waals surface area contributed by atoms with E-state index < -0.39 is 0 Å². The Morgan fingerprint density at radius 1 is 1.25 bits per heavy atom. The van der Waals surface area contributed by atoms with Crippen LogP contribution in [-0.4, -0.2) is 16.5 Å². The van der Waals surface area contributed by atoms with E-state index >= 15 is 0 Å². The van der Waals surface area contributed by atoms with Crippen molar-refractivity contribution in [2.45, 2.75) is 0 Å². The third-order valence-electron chi connectivity index (χ3n) is 1.67. The van der Waals surface area contributed by atoms with E-state index in [9.17, 15) is 4.79 Å². The molecule has 1 aromatic carbocycles. The van der Waals surface area contributed by atoms with Gasteiger partial charge in [-0.1, -0.05) is 0 Å². The number of hydrogen-bond donors (Lipinski definition) is 0. The van der Waals surface area contributed by atoms with Crippen LogP contribution in [0.3, 0.4) is 0 Å². The van der Waals surface area contributed by atoms with Gasteiger partial charge >= 0.3 is 0 Å². The summed E-state index contributed by atoms with van der Waals surface area (Å²) in [5.74, 6) is 0. The zero-order valence-corrected chi connectivity index (χ0v) is 6.27. The largest absolute Gasteiger partial charge is 0.298 e. The topological polar surface area (TPSA) is 42.9 Å². The van der Waals surface area contributed by atoms with Gasteiger partial charge < -0.3 is 0 Å². The maximum Gasteiger partial charge on any atom is 0.150 e. The highest BCUT2D eigenvalue weighted by molar-refractivity contribution is 5.86. The van der Waals surface area contributed by atoms with Gasteiger partial charge in [0, 0.05) is 10.9 Å². The molecule has 0 bridgehead atoms. The minimum absolute atomic E-state index is 0.663. The molecule has 0 fully saturated rings. The molecule has 0 radical (unpaired) electrons. The van der Waals surface area contributed by atoms with Crippen molar-refractivity contribution >= 4 is 17.2 Å². The van der Waals surface area contributed by atoms with Gasteiger partial charge in [0.05, 0.1) is 11.7 Å². The van der Waals surface area contributed by atoms with Crippen molar-refractivity contribution in [3.05, 3.63) is 36.0 Å². The number of aromatic nitrogens is 2. The fourth-order valence-corrected chi connectivity index (χ4v) is 1.08. The molecule has 0 saturated heterocycles. The molecule has 12 heavy (non-hydrogen) atoms. The van der Waals surface area contributed by atoms with E-state index in [1.165, 1.54) is 0 Å². The van der Waals surface area contributed by atoms with Crippen molar-refractivity contribution in [2.24, 2.45) is 0 Å². The van der Waals surface area contributed by atoms with E-state index in [0.29, 0.717) is 5.56 Å². The maximum atomic E-state index is 10.4. The number of rotatable bonds is 1. The number of nitrogens with zero attached hydrogens (tertiary/aromatic N) is 2. The molecule has 0 unspecified atom stereocenters. The molecule has 0 aliphatic heterocycles. The van der Waals surface area contributed by atoms with Crippen molar-refractivity contribution in [3.63, 3.8) is 0 Å². The zero-order chi connectivity index (χ0) is 8.39. The lowest BCUT2D eigenvalue weighted by atomic mass is 10.1. The molecular weight excluding hydrogens is 152 g/mol. The van der Waals surface area contributed by atoms with E-state index in [0.717, 1.165) is 17.2 Å². The van der Waals surface area contributed by atoms with Gasteiger partial charge in [-0.05, 0) is 24.3 Å². The summed E-state index contributed by atoms with van der Waals surface area (Å²) in [5, 5.41) is 8.56. The predicted octanol–water partition coefficient (Wildman–Crippen LogP) is 1.44. The maximum absolute atomic E-state index is 10.4. The molecule has 0 aliphatic carbocycles. The van der Waals surface area contributed by atoms with Crippen LogP contribution in [0.4, 0.5) is 0 Å². The third kappa shape index (κ3) is 1.05. The summed E-state index contributed by atoms with van der Waals surface area (Å²) in [5.41, 5.74) is 1.47. The molecule has 2 rings (SSSR count). The van der Waals surface area contributed by atoms with E-state index in [1.54, 1.807) is 24.4 Å². The molecule has 0 saturated carbocycles. The van der Waals surface area contributed by atoms with E-state index in [4.69, 9.17) is 0 Å². The van der Waals surface area contributed by atoms with E-state index in [1.807, 2.05) is 6.07 Å². The lowest BCUT2D eigenvalue weighted by Gasteiger charge is -1.94. The molecule has 0 spiro atoms. The Kier molecular flexibility index (Phi) is 1.55. The van der Waals surface area contributed by atoms with Crippen molar-refractivity contribution in [1.82, 2.24) is 10.2 Å². The highest BCUT2D eigenvalue weighted by atomic mass is 16.1. The molecule has 1 aromatic heterocycles. The summed E-state index contributed by atoms with van der Waals surface area (Å²) < 4.78 is 0. The molecule has 1 heterocycles. The first-order chi connectivity index (χ1) is 5.90. The van der Waals surface area contributed by atoms with Gasteiger partial charge in [0.25, 0.3) is 0 Å². The standard InChI is InChI=1S/C9H6N2O/c12-6-7-1-2-9-8(5-7)3-4-10-11-9/h1-6H. The number of aldehydes is 1. The number of carbonyl (C=O) groups is 1. The lowest BCUT2D eigenvalue weighted by molar-refractivity contribution is 0.112. The van der Waals surface area contributed by atoms with Crippen LogP contribution in [0.5, 0.6) is 0 Å². The highest BCUT2D eigenvalue weighted by Gasteiger charge is 1.94. The first-order valence-corrected chi connectivity index (χ1v) is 3.57. The van der Waals surface area contributed by atoms with Crippen LogP contribution >= 0.6 is 0 Å². The normalized spacial score (nSPS) is 10.0. The minimum Gasteiger partial charge on any atom is -0.298 e. The average Bonchev–Trinajstić information content (AvgIpc) is 2.17. The first-order valence-electron chi connectivity index (χ1n) is 3.57. The molecule has 58 valence electrons. The molecule has 3 nitrogen and oxygen atoms in total. The smallest absolute Gasteiger partial charge is 0.150 e. The SMILES string of the molecule is O=Cc1ccc2nnccc2c1. The first kappa shape index (κ1) is 6.91. The van der Waals surface area contributed by atoms with Gasteiger partial charge in [-0.3, -0.25) is 4.79 Å². The zero-order valence-electron chi connectivity index (χ0n) is 6.27. The fraction of sp³-hybridized carbons (Fsp3) is 0. The summed E-state index contributed by atoms with van der Waals surface area (Å²) in [4.78, 5) is 10.4. The van der Waals surface area contributed by atoms with E-state index in [2.05, 4.69) is 10.2 Å². The third-order valence-corrected chi connectivity index (χ3v) is 1.67. The van der Waals surface area contributed by atoms with E-state index in [-0.39, 0.29) is 0 Å². The van der Waals surface area contributed by atoms with Gasteiger partial charge in [-0.15, -0.1) is 0 Å². The van der Waals surface area contributed by atoms with Crippen LogP contribution in [0.15, 0.2) is 30.5 Å². The second kappa shape index (κ2) is 2.70. The number of carbonyl (C=O) groups excluding carboxylic acids is 1. The van der Waals surface area contributed by atoms with Gasteiger partial charge in [0.1, 0.15) is 6.29 Å². The summed E-state index contributed by atoms with van der Waals surface area (Å²) >= 11 is 0. The van der Waals surface area contributed by atoms with Crippen LogP contribution in [0.25, 0.3) is 10.9 Å². The molecule has 3 heteroatoms. The molecule has 2 aromatic rings. The number of benzene rings is 1. The highest BCUT2D eigenvalue weighted by Crippen LogP contribution is 2.10. The van der Waals surface area contributed by atoms with Crippen LogP contribution in [0, 0.1) is 0 Å². The van der Waals surface area contributed by atoms with Gasteiger partial charge in [0.2, 0.25) is 0 Å². The van der Waals surface area contributed by atoms with Crippen LogP contribution in [0.2, 0.25) is 0 Å². The van der Waals surface area contributed by atoms with Crippen molar-refractivity contribution < 1.29 is 4.79 Å². The van der Waals surface area contributed by atoms with Gasteiger partial charge in [-0.25, -0.2) is 0 Å². The Balaban J connectivity index is 2.75. The molecule has 0 aliphatic rings. The second-order valence-electron chi connectivity index (χ2n) is 2.47. The predicted molar refractivity (Wildman–Crippen MR) is 44.9 cm³/mol. The molecule has 0 amide bonds. The Labute approximate surface area is 69.0 Å². The van der Waals surface area contributed by atoms with Crippen LogP contribution in [0.1, 0.15) is 10.4 Å². The molecular formula is C9H6N2O. The Bertz CT molecular complexity index is 426. The van der Waals surface area contributed by atoms with Gasteiger partial charge in [-0.2, -0.15) is 10.2 Å². The summed E-state index contributed by atoms with van der Waals surface area (Å²) in [7, 11) is 0. The number of fused-ring (bicyclic) bond motifs is 1. The quantitative estimate of drug-likeness (QED) is 0.590. The monoisotopic (exact) mass is 158 g/mol.